The summed E-state index contributed by atoms with van der Waals surface area (Å²) in [6, 6.07) is 6.73. The lowest BCUT2D eigenvalue weighted by Crippen LogP contribution is -2.24. The lowest BCUT2D eigenvalue weighted by Gasteiger charge is -2.07. The van der Waals surface area contributed by atoms with E-state index in [1.807, 2.05) is 31.2 Å². The maximum Gasteiger partial charge on any atom is 0.335 e. The SMILES string of the molecule is CCCOc1ccc(/C=C/C(=O)N[C@@H](C)c2nnc(S(C)(=O)=O)o2)cc1. The molecule has 1 N–H and O–H groups in total. The number of hydrogen-bond donors (Lipinski definition) is 1. The Hall–Kier alpha value is -2.68. The van der Waals surface area contributed by atoms with Crippen LogP contribution >= 0.6 is 0 Å². The van der Waals surface area contributed by atoms with Gasteiger partial charge >= 0.3 is 5.22 Å². The van der Waals surface area contributed by atoms with E-state index in [4.69, 9.17) is 9.15 Å². The molecule has 2 aromatic rings. The quantitative estimate of drug-likeness (QED) is 0.700. The maximum absolute atomic E-state index is 12.0. The van der Waals surface area contributed by atoms with Crippen LogP contribution in [-0.2, 0) is 14.6 Å². The van der Waals surface area contributed by atoms with Gasteiger partial charge in [0.15, 0.2) is 0 Å². The van der Waals surface area contributed by atoms with Crippen LogP contribution in [0.2, 0.25) is 0 Å². The molecule has 0 aliphatic rings. The van der Waals surface area contributed by atoms with E-state index in [0.717, 1.165) is 24.0 Å². The summed E-state index contributed by atoms with van der Waals surface area (Å²) in [6.07, 6.45) is 4.92. The normalized spacial score (nSPS) is 12.9. The van der Waals surface area contributed by atoms with Gasteiger partial charge < -0.3 is 14.5 Å². The predicted octanol–water partition coefficient (Wildman–Crippen LogP) is 2.15. The third-order valence-electron chi connectivity index (χ3n) is 3.25. The Morgan fingerprint density at radius 3 is 2.58 bits per heavy atom. The molecule has 0 fully saturated rings. The van der Waals surface area contributed by atoms with Crippen molar-refractivity contribution in [3.63, 3.8) is 0 Å². The average molecular weight is 379 g/mol. The Bertz CT molecular complexity index is 872. The second-order valence-electron chi connectivity index (χ2n) is 5.66. The molecule has 1 atom stereocenters. The fraction of sp³-hybridized carbons (Fsp3) is 0.353. The van der Waals surface area contributed by atoms with Gasteiger partial charge in [-0.15, -0.1) is 5.10 Å². The molecule has 0 aliphatic heterocycles. The summed E-state index contributed by atoms with van der Waals surface area (Å²) in [5, 5.41) is 9.24. The van der Waals surface area contributed by atoms with E-state index in [0.29, 0.717) is 6.61 Å². The number of amides is 1. The van der Waals surface area contributed by atoms with Crippen molar-refractivity contribution in [1.82, 2.24) is 15.5 Å². The monoisotopic (exact) mass is 379 g/mol. The maximum atomic E-state index is 12.0. The third kappa shape index (κ3) is 5.69. The zero-order valence-corrected chi connectivity index (χ0v) is 15.6. The van der Waals surface area contributed by atoms with Gasteiger partial charge in [0.2, 0.25) is 21.6 Å². The summed E-state index contributed by atoms with van der Waals surface area (Å²) in [4.78, 5) is 12.0. The molecule has 0 saturated carbocycles. The number of sulfone groups is 1. The fourth-order valence-corrected chi connectivity index (χ4v) is 2.36. The summed E-state index contributed by atoms with van der Waals surface area (Å²) < 4.78 is 33.2. The van der Waals surface area contributed by atoms with E-state index in [-0.39, 0.29) is 11.8 Å². The number of nitrogens with zero attached hydrogens (tertiary/aromatic N) is 2. The van der Waals surface area contributed by atoms with E-state index < -0.39 is 21.1 Å². The Balaban J connectivity index is 1.93. The number of carbonyl (C=O) groups excluding carboxylic acids is 1. The van der Waals surface area contributed by atoms with Gasteiger partial charge in [0.25, 0.3) is 0 Å². The standard InChI is InChI=1S/C17H21N3O5S/c1-4-11-24-14-8-5-13(6-9-14)7-10-15(21)18-12(2)16-19-20-17(25-16)26(3,22)23/h5-10,12H,4,11H2,1-3H3,(H,18,21)/b10-7+/t12-/m0/s1. The van der Waals surface area contributed by atoms with Gasteiger partial charge in [-0.2, -0.15) is 0 Å². The average Bonchev–Trinajstić information content (AvgIpc) is 3.09. The van der Waals surface area contributed by atoms with Crippen LogP contribution in [0.15, 0.2) is 40.0 Å². The van der Waals surface area contributed by atoms with Crippen LogP contribution in [-0.4, -0.2) is 37.4 Å². The Kier molecular flexibility index (Phi) is 6.51. The molecule has 0 unspecified atom stereocenters. The lowest BCUT2D eigenvalue weighted by atomic mass is 10.2. The Morgan fingerprint density at radius 2 is 2.00 bits per heavy atom. The van der Waals surface area contributed by atoms with Gasteiger partial charge in [-0.3, -0.25) is 4.79 Å². The highest BCUT2D eigenvalue weighted by Crippen LogP contribution is 2.15. The first-order valence-corrected chi connectivity index (χ1v) is 9.93. The molecule has 0 radical (unpaired) electrons. The zero-order chi connectivity index (χ0) is 19.2. The highest BCUT2D eigenvalue weighted by molar-refractivity contribution is 7.90. The van der Waals surface area contributed by atoms with Crippen molar-refractivity contribution < 1.29 is 22.4 Å². The smallest absolute Gasteiger partial charge is 0.335 e. The fourth-order valence-electron chi connectivity index (χ4n) is 1.94. The van der Waals surface area contributed by atoms with Crippen LogP contribution in [0.5, 0.6) is 5.75 Å². The molecule has 1 aromatic carbocycles. The van der Waals surface area contributed by atoms with Crippen LogP contribution in [0.3, 0.4) is 0 Å². The highest BCUT2D eigenvalue weighted by atomic mass is 32.2. The molecule has 0 saturated heterocycles. The minimum atomic E-state index is -3.58. The molecule has 0 bridgehead atoms. The first kappa shape index (κ1) is 19.6. The number of nitrogens with one attached hydrogen (secondary N) is 1. The molecule has 0 spiro atoms. The van der Waals surface area contributed by atoms with E-state index in [1.54, 1.807) is 13.0 Å². The van der Waals surface area contributed by atoms with Crippen LogP contribution < -0.4 is 10.1 Å². The molecule has 1 aromatic heterocycles. The van der Waals surface area contributed by atoms with Gasteiger partial charge in [0.05, 0.1) is 6.61 Å². The van der Waals surface area contributed by atoms with Crippen LogP contribution in [0.1, 0.15) is 37.8 Å². The molecule has 1 amide bonds. The second kappa shape index (κ2) is 8.61. The predicted molar refractivity (Wildman–Crippen MR) is 95.2 cm³/mol. The minimum Gasteiger partial charge on any atom is -0.494 e. The van der Waals surface area contributed by atoms with E-state index in [2.05, 4.69) is 15.5 Å². The Morgan fingerprint density at radius 1 is 1.31 bits per heavy atom. The van der Waals surface area contributed by atoms with E-state index in [1.165, 1.54) is 6.08 Å². The summed E-state index contributed by atoms with van der Waals surface area (Å²) in [5.74, 6) is 0.424. The Labute approximate surface area is 152 Å². The number of aromatic nitrogens is 2. The summed E-state index contributed by atoms with van der Waals surface area (Å²) >= 11 is 0. The van der Waals surface area contributed by atoms with Crippen LogP contribution in [0.4, 0.5) is 0 Å². The minimum absolute atomic E-state index is 0.0181. The molecule has 2 rings (SSSR count). The first-order chi connectivity index (χ1) is 12.3. The van der Waals surface area contributed by atoms with E-state index in [9.17, 15) is 13.2 Å². The van der Waals surface area contributed by atoms with Gasteiger partial charge in [-0.05, 0) is 37.1 Å². The van der Waals surface area contributed by atoms with Crippen LogP contribution in [0.25, 0.3) is 6.08 Å². The first-order valence-electron chi connectivity index (χ1n) is 8.04. The van der Waals surface area contributed by atoms with E-state index >= 15 is 0 Å². The topological polar surface area (TPSA) is 111 Å². The number of hydrogen-bond acceptors (Lipinski definition) is 7. The molecular weight excluding hydrogens is 358 g/mol. The largest absolute Gasteiger partial charge is 0.494 e. The van der Waals surface area contributed by atoms with Crippen molar-refractivity contribution in [2.24, 2.45) is 0 Å². The molecular formula is C17H21N3O5S. The number of carbonyl (C=O) groups is 1. The van der Waals surface area contributed by atoms with Gasteiger partial charge in [-0.25, -0.2) is 8.42 Å². The lowest BCUT2D eigenvalue weighted by molar-refractivity contribution is -0.117. The number of ether oxygens (including phenoxy) is 1. The highest BCUT2D eigenvalue weighted by Gasteiger charge is 2.20. The summed E-state index contributed by atoms with van der Waals surface area (Å²) in [6.45, 7) is 4.31. The van der Waals surface area contributed by atoms with Crippen molar-refractivity contribution in [2.75, 3.05) is 12.9 Å². The van der Waals surface area contributed by atoms with Crippen LogP contribution in [0, 0.1) is 0 Å². The molecule has 1 heterocycles. The number of benzene rings is 1. The van der Waals surface area contributed by atoms with Crippen molar-refractivity contribution in [1.29, 1.82) is 0 Å². The summed E-state index contributed by atoms with van der Waals surface area (Å²) in [7, 11) is -3.58. The van der Waals surface area contributed by atoms with Crippen molar-refractivity contribution in [3.8, 4) is 5.75 Å². The number of rotatable bonds is 8. The molecule has 0 aliphatic carbocycles. The van der Waals surface area contributed by atoms with Crippen molar-refractivity contribution in [2.45, 2.75) is 31.5 Å². The zero-order valence-electron chi connectivity index (χ0n) is 14.8. The molecule has 8 nitrogen and oxygen atoms in total. The molecule has 140 valence electrons. The molecule has 26 heavy (non-hydrogen) atoms. The third-order valence-corrected chi connectivity index (χ3v) is 4.05. The van der Waals surface area contributed by atoms with Crippen molar-refractivity contribution >= 4 is 21.8 Å². The molecule has 9 heteroatoms. The second-order valence-corrected chi connectivity index (χ2v) is 7.55. The van der Waals surface area contributed by atoms with Gasteiger partial charge in [0, 0.05) is 12.3 Å². The van der Waals surface area contributed by atoms with Gasteiger partial charge in [0.1, 0.15) is 11.8 Å². The van der Waals surface area contributed by atoms with Crippen molar-refractivity contribution in [3.05, 3.63) is 41.8 Å². The summed E-state index contributed by atoms with van der Waals surface area (Å²) in [5.41, 5.74) is 0.841. The van der Waals surface area contributed by atoms with Gasteiger partial charge in [-0.1, -0.05) is 24.2 Å².